The first-order valence-corrected chi connectivity index (χ1v) is 12.0. The zero-order valence-electron chi connectivity index (χ0n) is 18.8. The molecule has 29 heavy (non-hydrogen) atoms. The normalized spacial score (nSPS) is 34.7. The molecular formula is C24H40O5. The Morgan fingerprint density at radius 1 is 1.10 bits per heavy atom. The van der Waals surface area contributed by atoms with Crippen LogP contribution in [0.25, 0.3) is 0 Å². The molecule has 166 valence electrons. The molecule has 3 fully saturated rings. The van der Waals surface area contributed by atoms with Crippen LogP contribution in [0.15, 0.2) is 0 Å². The molecule has 0 bridgehead atoms. The Kier molecular flexibility index (Phi) is 7.63. The van der Waals surface area contributed by atoms with Gasteiger partial charge in [0, 0.05) is 0 Å². The van der Waals surface area contributed by atoms with E-state index in [2.05, 4.69) is 27.7 Å². The number of esters is 2. The molecule has 7 atom stereocenters. The first kappa shape index (κ1) is 22.6. The van der Waals surface area contributed by atoms with Crippen LogP contribution >= 0.6 is 0 Å². The van der Waals surface area contributed by atoms with Crippen LogP contribution in [0.5, 0.6) is 0 Å². The van der Waals surface area contributed by atoms with Gasteiger partial charge in [-0.1, -0.05) is 59.8 Å². The minimum absolute atomic E-state index is 0.116. The maximum atomic E-state index is 13.2. The highest BCUT2D eigenvalue weighted by Crippen LogP contribution is 2.59. The number of rotatable bonds is 12. The summed E-state index contributed by atoms with van der Waals surface area (Å²) in [5.41, 5.74) is -0.728. The fourth-order valence-electron chi connectivity index (χ4n) is 5.47. The lowest BCUT2D eigenvalue weighted by atomic mass is 9.57. The summed E-state index contributed by atoms with van der Waals surface area (Å²) >= 11 is 0. The van der Waals surface area contributed by atoms with E-state index in [1.165, 1.54) is 0 Å². The van der Waals surface area contributed by atoms with Crippen molar-refractivity contribution in [3.63, 3.8) is 0 Å². The Morgan fingerprint density at radius 3 is 2.45 bits per heavy atom. The van der Waals surface area contributed by atoms with Crippen LogP contribution in [0.3, 0.4) is 0 Å². The van der Waals surface area contributed by atoms with Gasteiger partial charge in [-0.15, -0.1) is 0 Å². The Hall–Kier alpha value is -1.10. The second-order valence-corrected chi connectivity index (χ2v) is 9.43. The molecule has 1 aliphatic carbocycles. The molecule has 0 amide bonds. The maximum absolute atomic E-state index is 13.2. The second-order valence-electron chi connectivity index (χ2n) is 9.43. The zero-order chi connectivity index (χ0) is 21.0. The number of ether oxygens (including phenoxy) is 3. The summed E-state index contributed by atoms with van der Waals surface area (Å²) in [6.45, 7) is 9.14. The van der Waals surface area contributed by atoms with Crippen molar-refractivity contribution < 1.29 is 23.8 Å². The number of fused-ring (bicyclic) bond motifs is 1. The summed E-state index contributed by atoms with van der Waals surface area (Å²) in [6.07, 6.45) is 9.94. The predicted molar refractivity (Wildman–Crippen MR) is 111 cm³/mol. The number of unbranched alkanes of at least 4 members (excludes halogenated alkanes) is 2. The molecule has 0 radical (unpaired) electrons. The van der Waals surface area contributed by atoms with Crippen molar-refractivity contribution in [3.8, 4) is 0 Å². The van der Waals surface area contributed by atoms with E-state index in [0.717, 1.165) is 51.4 Å². The second kappa shape index (κ2) is 9.80. The maximum Gasteiger partial charge on any atom is 0.317 e. The van der Waals surface area contributed by atoms with E-state index in [-0.39, 0.29) is 30.3 Å². The van der Waals surface area contributed by atoms with E-state index in [4.69, 9.17) is 14.2 Å². The van der Waals surface area contributed by atoms with Crippen molar-refractivity contribution >= 4 is 11.9 Å². The van der Waals surface area contributed by atoms with Gasteiger partial charge in [-0.25, -0.2) is 0 Å². The van der Waals surface area contributed by atoms with E-state index < -0.39 is 11.3 Å². The molecule has 2 saturated heterocycles. The van der Waals surface area contributed by atoms with Gasteiger partial charge < -0.3 is 14.2 Å². The van der Waals surface area contributed by atoms with Crippen LogP contribution in [0.1, 0.15) is 91.9 Å². The van der Waals surface area contributed by atoms with Crippen molar-refractivity contribution in [3.05, 3.63) is 0 Å². The monoisotopic (exact) mass is 408 g/mol. The number of carbonyl (C=O) groups is 2. The Morgan fingerprint density at radius 2 is 1.83 bits per heavy atom. The summed E-state index contributed by atoms with van der Waals surface area (Å²) in [6, 6.07) is 0. The van der Waals surface area contributed by atoms with Gasteiger partial charge in [0.05, 0.1) is 24.7 Å². The highest BCUT2D eigenvalue weighted by Gasteiger charge is 2.72. The van der Waals surface area contributed by atoms with Gasteiger partial charge in [-0.3, -0.25) is 9.59 Å². The minimum Gasteiger partial charge on any atom is -0.465 e. The smallest absolute Gasteiger partial charge is 0.317 e. The number of hydrogen-bond acceptors (Lipinski definition) is 5. The van der Waals surface area contributed by atoms with Gasteiger partial charge in [0.15, 0.2) is 0 Å². The highest BCUT2D eigenvalue weighted by atomic mass is 16.6. The zero-order valence-corrected chi connectivity index (χ0v) is 18.8. The van der Waals surface area contributed by atoms with Gasteiger partial charge in [0.1, 0.15) is 11.5 Å². The van der Waals surface area contributed by atoms with Crippen LogP contribution < -0.4 is 0 Å². The van der Waals surface area contributed by atoms with Crippen LogP contribution in [0, 0.1) is 23.2 Å². The molecule has 2 heterocycles. The average molecular weight is 409 g/mol. The molecule has 5 nitrogen and oxygen atoms in total. The summed E-state index contributed by atoms with van der Waals surface area (Å²) in [4.78, 5) is 26.0. The lowest BCUT2D eigenvalue weighted by molar-refractivity contribution is -0.236. The van der Waals surface area contributed by atoms with Gasteiger partial charge in [-0.05, 0) is 43.9 Å². The highest BCUT2D eigenvalue weighted by molar-refractivity contribution is 5.90. The van der Waals surface area contributed by atoms with Crippen LogP contribution in [0.4, 0.5) is 0 Å². The SMILES string of the molecule is CCCCC(CC)COC(=O)C1CC2OC2CC12C(=O)OC2C(CC)CCCC. The molecule has 2 aliphatic heterocycles. The quantitative estimate of drug-likeness (QED) is 0.334. The average Bonchev–Trinajstić information content (AvgIpc) is 3.50. The molecule has 0 aromatic carbocycles. The fraction of sp³-hybridized carbons (Fsp3) is 0.917. The van der Waals surface area contributed by atoms with E-state index in [1.54, 1.807) is 0 Å². The summed E-state index contributed by atoms with van der Waals surface area (Å²) in [5.74, 6) is -0.115. The molecule has 0 N–H and O–H groups in total. The van der Waals surface area contributed by atoms with Gasteiger partial charge in [-0.2, -0.15) is 0 Å². The van der Waals surface area contributed by atoms with E-state index in [0.29, 0.717) is 31.3 Å². The Balaban J connectivity index is 1.71. The topological polar surface area (TPSA) is 65.1 Å². The van der Waals surface area contributed by atoms with E-state index in [9.17, 15) is 9.59 Å². The van der Waals surface area contributed by atoms with Crippen molar-refractivity contribution in [2.75, 3.05) is 6.61 Å². The van der Waals surface area contributed by atoms with Crippen LogP contribution in [-0.2, 0) is 23.8 Å². The minimum atomic E-state index is -0.728. The van der Waals surface area contributed by atoms with Crippen molar-refractivity contribution in [1.82, 2.24) is 0 Å². The lowest BCUT2D eigenvalue weighted by Crippen LogP contribution is -2.66. The molecule has 7 unspecified atom stereocenters. The molecule has 1 saturated carbocycles. The third kappa shape index (κ3) is 4.50. The fourth-order valence-corrected chi connectivity index (χ4v) is 5.47. The van der Waals surface area contributed by atoms with Crippen LogP contribution in [0.2, 0.25) is 0 Å². The number of cyclic esters (lactones) is 1. The van der Waals surface area contributed by atoms with E-state index >= 15 is 0 Å². The van der Waals surface area contributed by atoms with Gasteiger partial charge >= 0.3 is 11.9 Å². The summed E-state index contributed by atoms with van der Waals surface area (Å²) in [5, 5.41) is 0. The Bertz CT molecular complexity index is 576. The van der Waals surface area contributed by atoms with Crippen molar-refractivity contribution in [1.29, 1.82) is 0 Å². The largest absolute Gasteiger partial charge is 0.465 e. The first-order chi connectivity index (χ1) is 14.0. The molecule has 3 rings (SSSR count). The molecular weight excluding hydrogens is 368 g/mol. The standard InChI is InChI=1S/C24H40O5/c1-5-9-11-16(7-3)15-27-22(25)18-13-19-20(28-19)14-24(18)21(29-23(24)26)17(8-4)12-10-6-2/h16-21H,5-15H2,1-4H3. The molecule has 1 spiro atoms. The molecule has 0 aromatic rings. The number of epoxide rings is 1. The first-order valence-electron chi connectivity index (χ1n) is 12.0. The third-order valence-corrected chi connectivity index (χ3v) is 7.61. The van der Waals surface area contributed by atoms with Crippen molar-refractivity contribution in [2.45, 2.75) is 110 Å². The van der Waals surface area contributed by atoms with Gasteiger partial charge in [0.2, 0.25) is 0 Å². The molecule has 0 aromatic heterocycles. The molecule has 5 heteroatoms. The summed E-state index contributed by atoms with van der Waals surface area (Å²) < 4.78 is 17.3. The third-order valence-electron chi connectivity index (χ3n) is 7.61. The van der Waals surface area contributed by atoms with Gasteiger partial charge in [0.25, 0.3) is 0 Å². The van der Waals surface area contributed by atoms with Crippen molar-refractivity contribution in [2.24, 2.45) is 23.2 Å². The lowest BCUT2D eigenvalue weighted by Gasteiger charge is -2.54. The Labute approximate surface area is 176 Å². The summed E-state index contributed by atoms with van der Waals surface area (Å²) in [7, 11) is 0. The van der Waals surface area contributed by atoms with Crippen LogP contribution in [-0.4, -0.2) is 36.9 Å². The van der Waals surface area contributed by atoms with E-state index in [1.807, 2.05) is 0 Å². The number of carbonyl (C=O) groups excluding carboxylic acids is 2. The molecule has 3 aliphatic rings. The number of hydrogen-bond donors (Lipinski definition) is 0. The predicted octanol–water partition coefficient (Wildman–Crippen LogP) is 5.05.